The Morgan fingerprint density at radius 1 is 1.03 bits per heavy atom. The third kappa shape index (κ3) is 6.95. The Labute approximate surface area is 179 Å². The normalized spacial score (nSPS) is 11.3. The predicted molar refractivity (Wildman–Crippen MR) is 109 cm³/mol. The van der Waals surface area contributed by atoms with Crippen LogP contribution in [0.2, 0.25) is 0 Å². The van der Waals surface area contributed by atoms with E-state index in [1.807, 2.05) is 0 Å². The number of rotatable bonds is 10. The van der Waals surface area contributed by atoms with Crippen molar-refractivity contribution in [3.05, 3.63) is 47.3 Å². The van der Waals surface area contributed by atoms with Gasteiger partial charge in [-0.15, -0.1) is 0 Å². The van der Waals surface area contributed by atoms with Gasteiger partial charge in [-0.3, -0.25) is 14.4 Å². The zero-order valence-electron chi connectivity index (χ0n) is 17.6. The number of carbonyl (C=O) groups excluding carboxylic acids is 4. The molecule has 31 heavy (non-hydrogen) atoms. The quantitative estimate of drug-likeness (QED) is 0.547. The van der Waals surface area contributed by atoms with Crippen LogP contribution >= 0.6 is 0 Å². The molecule has 0 saturated carbocycles. The molecule has 2 aromatic rings. The number of amides is 2. The van der Waals surface area contributed by atoms with Gasteiger partial charge in [-0.2, -0.15) is 0 Å². The molecular formula is C21H25N3O7. The van der Waals surface area contributed by atoms with Crippen molar-refractivity contribution in [3.63, 3.8) is 0 Å². The molecule has 0 saturated heterocycles. The van der Waals surface area contributed by atoms with Crippen LogP contribution in [0.3, 0.4) is 0 Å². The van der Waals surface area contributed by atoms with E-state index < -0.39 is 29.8 Å². The molecule has 0 aliphatic heterocycles. The number of carbonyl (C=O) groups is 4. The molecule has 2 rings (SSSR count). The van der Waals surface area contributed by atoms with Crippen LogP contribution < -0.4 is 10.6 Å². The fourth-order valence-corrected chi connectivity index (χ4v) is 2.65. The standard InChI is InChI=1S/C21H25N3O7/c1-4-29-18(25)11-10-17(21(28)30-5-2)24-19(26)14-6-8-15(9-7-14)23-20(27)16-12-22-31-13(16)3/h6-9,12,17H,4-5,10-11H2,1-3H3,(H,23,27)(H,24,26). The van der Waals surface area contributed by atoms with E-state index >= 15 is 0 Å². The van der Waals surface area contributed by atoms with Gasteiger partial charge in [0.1, 0.15) is 17.4 Å². The van der Waals surface area contributed by atoms with Gasteiger partial charge < -0.3 is 24.6 Å². The minimum Gasteiger partial charge on any atom is -0.466 e. The Morgan fingerprint density at radius 3 is 2.29 bits per heavy atom. The Morgan fingerprint density at radius 2 is 1.71 bits per heavy atom. The van der Waals surface area contributed by atoms with Crippen molar-refractivity contribution in [2.45, 2.75) is 39.7 Å². The molecule has 166 valence electrons. The van der Waals surface area contributed by atoms with Gasteiger partial charge in [-0.25, -0.2) is 4.79 Å². The molecule has 1 aromatic heterocycles. The van der Waals surface area contributed by atoms with E-state index in [1.54, 1.807) is 32.9 Å². The van der Waals surface area contributed by atoms with Crippen molar-refractivity contribution in [2.75, 3.05) is 18.5 Å². The van der Waals surface area contributed by atoms with E-state index in [-0.39, 0.29) is 31.6 Å². The lowest BCUT2D eigenvalue weighted by atomic mass is 10.1. The molecule has 0 aliphatic rings. The number of benzene rings is 1. The summed E-state index contributed by atoms with van der Waals surface area (Å²) in [5.41, 5.74) is 1.04. The number of aromatic nitrogens is 1. The lowest BCUT2D eigenvalue weighted by Crippen LogP contribution is -2.42. The topological polar surface area (TPSA) is 137 Å². The number of nitrogens with one attached hydrogen (secondary N) is 2. The first-order valence-electron chi connectivity index (χ1n) is 9.81. The molecular weight excluding hydrogens is 406 g/mol. The average Bonchev–Trinajstić information content (AvgIpc) is 3.17. The largest absolute Gasteiger partial charge is 0.466 e. The number of esters is 2. The van der Waals surface area contributed by atoms with Crippen molar-refractivity contribution in [3.8, 4) is 0 Å². The van der Waals surface area contributed by atoms with Crippen molar-refractivity contribution in [1.29, 1.82) is 0 Å². The monoisotopic (exact) mass is 431 g/mol. The average molecular weight is 431 g/mol. The number of hydrogen-bond donors (Lipinski definition) is 2. The molecule has 2 amide bonds. The number of anilines is 1. The van der Waals surface area contributed by atoms with Crippen molar-refractivity contribution in [2.24, 2.45) is 0 Å². The highest BCUT2D eigenvalue weighted by Gasteiger charge is 2.24. The summed E-state index contributed by atoms with van der Waals surface area (Å²) < 4.78 is 14.7. The van der Waals surface area contributed by atoms with Crippen LogP contribution in [0.1, 0.15) is 53.2 Å². The summed E-state index contributed by atoms with van der Waals surface area (Å²) in [6.07, 6.45) is 1.33. The van der Waals surface area contributed by atoms with Crippen molar-refractivity contribution < 1.29 is 33.2 Å². The van der Waals surface area contributed by atoms with E-state index in [0.29, 0.717) is 17.0 Å². The summed E-state index contributed by atoms with van der Waals surface area (Å²) in [5.74, 6) is -1.62. The van der Waals surface area contributed by atoms with Crippen LogP contribution in [0.15, 0.2) is 35.0 Å². The fourth-order valence-electron chi connectivity index (χ4n) is 2.65. The number of hydrogen-bond acceptors (Lipinski definition) is 8. The third-order valence-electron chi connectivity index (χ3n) is 4.22. The molecule has 2 N–H and O–H groups in total. The molecule has 10 heteroatoms. The summed E-state index contributed by atoms with van der Waals surface area (Å²) in [6, 6.07) is 5.10. The highest BCUT2D eigenvalue weighted by Crippen LogP contribution is 2.14. The maximum absolute atomic E-state index is 12.6. The molecule has 1 unspecified atom stereocenters. The molecule has 1 atom stereocenters. The van der Waals surface area contributed by atoms with Gasteiger partial charge in [-0.1, -0.05) is 5.16 Å². The van der Waals surface area contributed by atoms with Gasteiger partial charge >= 0.3 is 11.9 Å². The number of aryl methyl sites for hydroxylation is 1. The molecule has 0 radical (unpaired) electrons. The van der Waals surface area contributed by atoms with Gasteiger partial charge in [0.2, 0.25) is 0 Å². The first-order chi connectivity index (χ1) is 14.8. The molecule has 1 heterocycles. The van der Waals surface area contributed by atoms with Crippen LogP contribution in [0.5, 0.6) is 0 Å². The highest BCUT2D eigenvalue weighted by molar-refractivity contribution is 6.05. The number of ether oxygens (including phenoxy) is 2. The maximum Gasteiger partial charge on any atom is 0.328 e. The van der Waals surface area contributed by atoms with Crippen molar-refractivity contribution in [1.82, 2.24) is 10.5 Å². The molecule has 0 bridgehead atoms. The van der Waals surface area contributed by atoms with Crippen LogP contribution in [-0.4, -0.2) is 48.2 Å². The zero-order valence-corrected chi connectivity index (χ0v) is 17.6. The minimum atomic E-state index is -0.993. The minimum absolute atomic E-state index is 0.0368. The first-order valence-corrected chi connectivity index (χ1v) is 9.81. The van der Waals surface area contributed by atoms with Crippen LogP contribution in [0.4, 0.5) is 5.69 Å². The second-order valence-electron chi connectivity index (χ2n) is 6.45. The van der Waals surface area contributed by atoms with E-state index in [4.69, 9.17) is 14.0 Å². The van der Waals surface area contributed by atoms with Gasteiger partial charge in [0.25, 0.3) is 11.8 Å². The van der Waals surface area contributed by atoms with E-state index in [9.17, 15) is 19.2 Å². The lowest BCUT2D eigenvalue weighted by molar-refractivity contribution is -0.146. The van der Waals surface area contributed by atoms with Gasteiger partial charge in [0.15, 0.2) is 0 Å². The Hall–Kier alpha value is -3.69. The third-order valence-corrected chi connectivity index (χ3v) is 4.22. The highest BCUT2D eigenvalue weighted by atomic mass is 16.5. The first kappa shape index (κ1) is 23.6. The van der Waals surface area contributed by atoms with Gasteiger partial charge in [-0.05, 0) is 51.5 Å². The molecule has 10 nitrogen and oxygen atoms in total. The van der Waals surface area contributed by atoms with Gasteiger partial charge in [0.05, 0.1) is 19.4 Å². The summed E-state index contributed by atoms with van der Waals surface area (Å²) in [5, 5.41) is 8.81. The Kier molecular flexibility index (Phi) is 8.74. The molecule has 1 aromatic carbocycles. The van der Waals surface area contributed by atoms with Crippen LogP contribution in [0, 0.1) is 6.92 Å². The second-order valence-corrected chi connectivity index (χ2v) is 6.45. The summed E-state index contributed by atoms with van der Waals surface area (Å²) in [7, 11) is 0. The number of nitrogens with zero attached hydrogens (tertiary/aromatic N) is 1. The van der Waals surface area contributed by atoms with E-state index in [1.165, 1.54) is 18.3 Å². The maximum atomic E-state index is 12.6. The fraction of sp³-hybridized carbons (Fsp3) is 0.381. The summed E-state index contributed by atoms with van der Waals surface area (Å²) >= 11 is 0. The Bertz CT molecular complexity index is 921. The van der Waals surface area contributed by atoms with Crippen LogP contribution in [0.25, 0.3) is 0 Å². The molecule has 0 spiro atoms. The summed E-state index contributed by atoms with van der Waals surface area (Å²) in [6.45, 7) is 5.33. The van der Waals surface area contributed by atoms with E-state index in [0.717, 1.165) is 0 Å². The molecule has 0 fully saturated rings. The SMILES string of the molecule is CCOC(=O)CCC(NC(=O)c1ccc(NC(=O)c2cnoc2C)cc1)C(=O)OCC. The molecule has 0 aliphatic carbocycles. The van der Waals surface area contributed by atoms with Crippen LogP contribution in [-0.2, 0) is 19.1 Å². The van der Waals surface area contributed by atoms with Crippen molar-refractivity contribution >= 4 is 29.4 Å². The predicted octanol–water partition coefficient (Wildman–Crippen LogP) is 2.24. The van der Waals surface area contributed by atoms with Gasteiger partial charge in [0, 0.05) is 17.7 Å². The summed E-state index contributed by atoms with van der Waals surface area (Å²) in [4.78, 5) is 48.5. The lowest BCUT2D eigenvalue weighted by Gasteiger charge is -2.17. The zero-order chi connectivity index (χ0) is 22.8. The van der Waals surface area contributed by atoms with E-state index in [2.05, 4.69) is 15.8 Å². The Balaban J connectivity index is 2.00. The smallest absolute Gasteiger partial charge is 0.328 e. The second kappa shape index (κ2) is 11.5.